The van der Waals surface area contributed by atoms with Crippen LogP contribution >= 0.6 is 0 Å². The summed E-state index contributed by atoms with van der Waals surface area (Å²) in [6, 6.07) is 8.47. The molecule has 1 heterocycles. The van der Waals surface area contributed by atoms with Gasteiger partial charge in [-0.3, -0.25) is 0 Å². The number of benzene rings is 1. The molecular weight excluding hydrogens is 261 g/mol. The van der Waals surface area contributed by atoms with E-state index in [2.05, 4.69) is 65.0 Å². The van der Waals surface area contributed by atoms with Gasteiger partial charge in [0.25, 0.3) is 0 Å². The van der Waals surface area contributed by atoms with Crippen molar-refractivity contribution in [3.63, 3.8) is 0 Å². The van der Waals surface area contributed by atoms with Crippen LogP contribution in [0.5, 0.6) is 0 Å². The van der Waals surface area contributed by atoms with Crippen molar-refractivity contribution in [1.29, 1.82) is 0 Å². The molecule has 0 atom stereocenters. The van der Waals surface area contributed by atoms with E-state index in [9.17, 15) is 0 Å². The van der Waals surface area contributed by atoms with Gasteiger partial charge in [0.2, 0.25) is 0 Å². The topological polar surface area (TPSA) is 44.5 Å². The molecule has 21 heavy (non-hydrogen) atoms. The lowest BCUT2D eigenvalue weighted by atomic mass is 9.77. The highest BCUT2D eigenvalue weighted by Crippen LogP contribution is 2.38. The van der Waals surface area contributed by atoms with Crippen LogP contribution in [0, 0.1) is 0 Å². The first-order valence-electron chi connectivity index (χ1n) is 7.64. The Balaban J connectivity index is 2.26. The fourth-order valence-electron chi connectivity index (χ4n) is 2.33. The first-order valence-corrected chi connectivity index (χ1v) is 7.64. The monoisotopic (exact) mass is 287 g/mol. The van der Waals surface area contributed by atoms with Crippen molar-refractivity contribution in [1.82, 2.24) is 0 Å². The Hall–Kier alpha value is -1.10. The minimum absolute atomic E-state index is 0.336. The average molecular weight is 287 g/mol. The van der Waals surface area contributed by atoms with Crippen LogP contribution in [0.25, 0.3) is 6.08 Å². The van der Waals surface area contributed by atoms with E-state index >= 15 is 0 Å². The average Bonchev–Trinajstić information content (AvgIpc) is 2.65. The third kappa shape index (κ3) is 3.39. The first-order chi connectivity index (χ1) is 9.79. The van der Waals surface area contributed by atoms with Gasteiger partial charge in [-0.2, -0.15) is 0 Å². The van der Waals surface area contributed by atoms with Crippen molar-refractivity contribution in [2.24, 2.45) is 5.73 Å². The highest BCUT2D eigenvalue weighted by molar-refractivity contribution is 6.55. The van der Waals surface area contributed by atoms with E-state index in [4.69, 9.17) is 15.0 Å². The van der Waals surface area contributed by atoms with E-state index < -0.39 is 0 Å². The predicted molar refractivity (Wildman–Crippen MR) is 88.9 cm³/mol. The third-order valence-corrected chi connectivity index (χ3v) is 4.50. The third-order valence-electron chi connectivity index (χ3n) is 4.50. The summed E-state index contributed by atoms with van der Waals surface area (Å²) >= 11 is 0. The van der Waals surface area contributed by atoms with Crippen molar-refractivity contribution < 1.29 is 9.31 Å². The summed E-state index contributed by atoms with van der Waals surface area (Å²) in [5.74, 6) is 0. The Morgan fingerprint density at radius 3 is 2.33 bits per heavy atom. The fourth-order valence-corrected chi connectivity index (χ4v) is 2.33. The van der Waals surface area contributed by atoms with Gasteiger partial charge in [0, 0.05) is 6.54 Å². The maximum atomic E-state index is 6.08. The number of rotatable bonds is 4. The van der Waals surface area contributed by atoms with Crippen LogP contribution in [0.15, 0.2) is 29.7 Å². The van der Waals surface area contributed by atoms with Crippen molar-refractivity contribution in [2.75, 3.05) is 6.54 Å². The largest absolute Gasteiger partial charge is 0.491 e. The summed E-state index contributed by atoms with van der Waals surface area (Å²) in [6.45, 7) is 10.8. The predicted octanol–water partition coefficient (Wildman–Crippen LogP) is 3.22. The molecule has 0 amide bonds. The molecule has 4 heteroatoms. The second-order valence-electron chi connectivity index (χ2n) is 6.61. The molecule has 0 spiro atoms. The maximum Gasteiger partial charge on any atom is 0.491 e. The lowest BCUT2D eigenvalue weighted by Gasteiger charge is -2.32. The van der Waals surface area contributed by atoms with E-state index in [-0.39, 0.29) is 18.3 Å². The Morgan fingerprint density at radius 2 is 1.81 bits per heavy atom. The molecule has 0 aromatic heterocycles. The molecular formula is C17H26BNO2. The van der Waals surface area contributed by atoms with Crippen LogP contribution < -0.4 is 5.73 Å². The molecule has 0 bridgehead atoms. The Labute approximate surface area is 128 Å². The maximum absolute atomic E-state index is 6.08. The zero-order chi connectivity index (χ0) is 15.7. The molecule has 1 saturated heterocycles. The molecule has 0 radical (unpaired) electrons. The van der Waals surface area contributed by atoms with Crippen molar-refractivity contribution in [3.8, 4) is 0 Å². The molecule has 1 aliphatic rings. The SMILES string of the molecule is CCc1cccc(C=C(CN)B2OC(C)(C)C(C)(C)O2)c1. The molecule has 2 rings (SSSR count). The van der Waals surface area contributed by atoms with Crippen molar-refractivity contribution in [2.45, 2.75) is 52.2 Å². The molecule has 1 aromatic rings. The molecule has 1 aliphatic heterocycles. The molecule has 0 aliphatic carbocycles. The Bertz CT molecular complexity index is 521. The number of hydrogen-bond donors (Lipinski definition) is 1. The standard InChI is InChI=1S/C17H26BNO2/c1-6-13-8-7-9-14(10-13)11-15(12-19)18-20-16(2,3)17(4,5)21-18/h7-11H,6,12,19H2,1-5H3. The normalized spacial score (nSPS) is 20.9. The molecule has 0 unspecified atom stereocenters. The van der Waals surface area contributed by atoms with Crippen molar-refractivity contribution in [3.05, 3.63) is 40.9 Å². The number of aryl methyl sites for hydroxylation is 1. The lowest BCUT2D eigenvalue weighted by Crippen LogP contribution is -2.41. The number of hydrogen-bond acceptors (Lipinski definition) is 3. The minimum atomic E-state index is -0.370. The molecule has 1 aromatic carbocycles. The van der Waals surface area contributed by atoms with Crippen molar-refractivity contribution >= 4 is 13.2 Å². The second kappa shape index (κ2) is 5.95. The van der Waals surface area contributed by atoms with Gasteiger partial charge >= 0.3 is 7.12 Å². The summed E-state index contributed by atoms with van der Waals surface area (Å²) in [7, 11) is -0.370. The summed E-state index contributed by atoms with van der Waals surface area (Å²) < 4.78 is 12.2. The molecule has 0 saturated carbocycles. The van der Waals surface area contributed by atoms with Gasteiger partial charge in [-0.15, -0.1) is 0 Å². The van der Waals surface area contributed by atoms with E-state index in [1.165, 1.54) is 5.56 Å². The lowest BCUT2D eigenvalue weighted by molar-refractivity contribution is 0.00578. The minimum Gasteiger partial charge on any atom is -0.400 e. The van der Waals surface area contributed by atoms with Gasteiger partial charge in [-0.25, -0.2) is 0 Å². The first kappa shape index (κ1) is 16.3. The molecule has 2 N–H and O–H groups in total. The van der Waals surface area contributed by atoms with Gasteiger partial charge in [-0.05, 0) is 50.7 Å². The van der Waals surface area contributed by atoms with E-state index in [1.807, 2.05) is 0 Å². The Morgan fingerprint density at radius 1 is 1.19 bits per heavy atom. The molecule has 1 fully saturated rings. The Kier molecular flexibility index (Phi) is 4.62. The fraction of sp³-hybridized carbons (Fsp3) is 0.529. The van der Waals surface area contributed by atoms with E-state index in [1.54, 1.807) is 0 Å². The zero-order valence-electron chi connectivity index (χ0n) is 13.8. The molecule has 114 valence electrons. The summed E-state index contributed by atoms with van der Waals surface area (Å²) in [6.07, 6.45) is 3.11. The highest BCUT2D eigenvalue weighted by Gasteiger charge is 2.52. The summed E-state index contributed by atoms with van der Waals surface area (Å²) in [5.41, 5.74) is 8.68. The van der Waals surface area contributed by atoms with Crippen LogP contribution in [0.2, 0.25) is 0 Å². The smallest absolute Gasteiger partial charge is 0.400 e. The van der Waals surface area contributed by atoms with Gasteiger partial charge in [0.1, 0.15) is 0 Å². The zero-order valence-corrected chi connectivity index (χ0v) is 13.8. The summed E-state index contributed by atoms with van der Waals surface area (Å²) in [4.78, 5) is 0. The van der Waals surface area contributed by atoms with Crippen LogP contribution in [0.1, 0.15) is 45.7 Å². The van der Waals surface area contributed by atoms with E-state index in [0.29, 0.717) is 6.54 Å². The van der Waals surface area contributed by atoms with Crippen LogP contribution in [0.3, 0.4) is 0 Å². The van der Waals surface area contributed by atoms with E-state index in [0.717, 1.165) is 17.5 Å². The van der Waals surface area contributed by atoms with Gasteiger partial charge < -0.3 is 15.0 Å². The second-order valence-corrected chi connectivity index (χ2v) is 6.61. The van der Waals surface area contributed by atoms with Crippen LogP contribution in [-0.2, 0) is 15.7 Å². The quantitative estimate of drug-likeness (QED) is 0.865. The highest BCUT2D eigenvalue weighted by atomic mass is 16.7. The van der Waals surface area contributed by atoms with Crippen LogP contribution in [0.4, 0.5) is 0 Å². The summed E-state index contributed by atoms with van der Waals surface area (Å²) in [5, 5.41) is 0. The number of nitrogens with two attached hydrogens (primary N) is 1. The van der Waals surface area contributed by atoms with Gasteiger partial charge in [-0.1, -0.05) is 37.3 Å². The van der Waals surface area contributed by atoms with Gasteiger partial charge in [0.05, 0.1) is 11.2 Å². The molecule has 3 nitrogen and oxygen atoms in total. The van der Waals surface area contributed by atoms with Crippen LogP contribution in [-0.4, -0.2) is 24.9 Å². The van der Waals surface area contributed by atoms with Gasteiger partial charge in [0.15, 0.2) is 0 Å².